The molecule has 7 heteroatoms. The molecule has 0 saturated heterocycles. The number of nitrogens with zero attached hydrogens (tertiary/aromatic N) is 3. The van der Waals surface area contributed by atoms with Crippen molar-refractivity contribution in [2.75, 3.05) is 5.32 Å². The molecule has 0 bridgehead atoms. The SMILES string of the molecule is N/C(=N\c1ccc(O)cc1Cl)c1cnn2cccc2c1NC1CCCCC1. The quantitative estimate of drug-likeness (QED) is 0.458. The van der Waals surface area contributed by atoms with Gasteiger partial charge in [-0.25, -0.2) is 9.51 Å². The van der Waals surface area contributed by atoms with Gasteiger partial charge in [0.15, 0.2) is 0 Å². The Morgan fingerprint density at radius 3 is 2.85 bits per heavy atom. The van der Waals surface area contributed by atoms with Gasteiger partial charge >= 0.3 is 0 Å². The van der Waals surface area contributed by atoms with E-state index in [9.17, 15) is 5.11 Å². The van der Waals surface area contributed by atoms with E-state index < -0.39 is 0 Å². The van der Waals surface area contributed by atoms with Gasteiger partial charge in [0.2, 0.25) is 0 Å². The lowest BCUT2D eigenvalue weighted by Gasteiger charge is -2.25. The molecule has 4 N–H and O–H groups in total. The Kier molecular flexibility index (Phi) is 4.90. The number of rotatable bonds is 4. The van der Waals surface area contributed by atoms with E-state index in [2.05, 4.69) is 15.4 Å². The van der Waals surface area contributed by atoms with Crippen LogP contribution in [-0.4, -0.2) is 26.6 Å². The van der Waals surface area contributed by atoms with Crippen LogP contribution < -0.4 is 11.1 Å². The molecule has 1 aromatic carbocycles. The molecule has 2 aromatic heterocycles. The van der Waals surface area contributed by atoms with Crippen LogP contribution in [0.15, 0.2) is 47.7 Å². The molecular formula is C20H22ClN5O. The molecule has 1 fully saturated rings. The summed E-state index contributed by atoms with van der Waals surface area (Å²) in [7, 11) is 0. The van der Waals surface area contributed by atoms with Gasteiger partial charge in [0.1, 0.15) is 11.6 Å². The molecule has 27 heavy (non-hydrogen) atoms. The van der Waals surface area contributed by atoms with Crippen molar-refractivity contribution in [2.24, 2.45) is 10.7 Å². The Labute approximate surface area is 162 Å². The van der Waals surface area contributed by atoms with Crippen molar-refractivity contribution in [1.29, 1.82) is 0 Å². The smallest absolute Gasteiger partial charge is 0.135 e. The number of anilines is 1. The second-order valence-corrected chi connectivity index (χ2v) is 7.29. The molecule has 140 valence electrons. The van der Waals surface area contributed by atoms with E-state index >= 15 is 0 Å². The summed E-state index contributed by atoms with van der Waals surface area (Å²) in [6, 6.07) is 9.02. The molecule has 3 aromatic rings. The van der Waals surface area contributed by atoms with Crippen LogP contribution in [0.2, 0.25) is 5.02 Å². The van der Waals surface area contributed by atoms with Gasteiger partial charge in [0, 0.05) is 18.3 Å². The van der Waals surface area contributed by atoms with Gasteiger partial charge < -0.3 is 16.2 Å². The summed E-state index contributed by atoms with van der Waals surface area (Å²) in [4.78, 5) is 4.48. The third kappa shape index (κ3) is 3.71. The zero-order valence-electron chi connectivity index (χ0n) is 14.9. The van der Waals surface area contributed by atoms with Gasteiger partial charge in [-0.05, 0) is 37.1 Å². The number of phenolic OH excluding ortho intramolecular Hbond substituents is 1. The Balaban J connectivity index is 1.75. The van der Waals surface area contributed by atoms with E-state index in [0.717, 1.165) is 29.6 Å². The summed E-state index contributed by atoms with van der Waals surface area (Å²) >= 11 is 6.18. The minimum atomic E-state index is 0.0912. The van der Waals surface area contributed by atoms with Crippen molar-refractivity contribution >= 4 is 34.3 Å². The molecule has 0 aliphatic heterocycles. The summed E-state index contributed by atoms with van der Waals surface area (Å²) in [6.07, 6.45) is 9.71. The van der Waals surface area contributed by atoms with Gasteiger partial charge in [0.05, 0.1) is 33.7 Å². The van der Waals surface area contributed by atoms with Crippen LogP contribution in [0, 0.1) is 0 Å². The van der Waals surface area contributed by atoms with Gasteiger partial charge in [-0.3, -0.25) is 0 Å². The lowest BCUT2D eigenvalue weighted by atomic mass is 9.95. The van der Waals surface area contributed by atoms with Crippen LogP contribution >= 0.6 is 11.6 Å². The van der Waals surface area contributed by atoms with Crippen molar-refractivity contribution in [3.05, 3.63) is 53.3 Å². The average Bonchev–Trinajstić information content (AvgIpc) is 3.14. The average molecular weight is 384 g/mol. The number of aliphatic imine (C=N–C) groups is 1. The predicted molar refractivity (Wildman–Crippen MR) is 109 cm³/mol. The van der Waals surface area contributed by atoms with Crippen molar-refractivity contribution < 1.29 is 5.11 Å². The van der Waals surface area contributed by atoms with E-state index in [-0.39, 0.29) is 5.75 Å². The molecule has 1 aliphatic carbocycles. The van der Waals surface area contributed by atoms with Gasteiger partial charge in [-0.2, -0.15) is 5.10 Å². The maximum absolute atomic E-state index is 9.52. The summed E-state index contributed by atoms with van der Waals surface area (Å²) in [5, 5.41) is 18.0. The fourth-order valence-electron chi connectivity index (χ4n) is 3.57. The largest absolute Gasteiger partial charge is 0.508 e. The van der Waals surface area contributed by atoms with Crippen LogP contribution in [0.3, 0.4) is 0 Å². The van der Waals surface area contributed by atoms with E-state index in [1.54, 1.807) is 12.3 Å². The number of fused-ring (bicyclic) bond motifs is 1. The van der Waals surface area contributed by atoms with Gasteiger partial charge in [0.25, 0.3) is 0 Å². The fourth-order valence-corrected chi connectivity index (χ4v) is 3.78. The molecule has 0 radical (unpaired) electrons. The molecule has 0 atom stereocenters. The third-order valence-electron chi connectivity index (χ3n) is 4.97. The summed E-state index contributed by atoms with van der Waals surface area (Å²) in [5.41, 5.74) is 9.50. The zero-order chi connectivity index (χ0) is 18.8. The Bertz CT molecular complexity index is 991. The zero-order valence-corrected chi connectivity index (χ0v) is 15.7. The topological polar surface area (TPSA) is 87.9 Å². The number of hydrogen-bond donors (Lipinski definition) is 3. The highest BCUT2D eigenvalue weighted by atomic mass is 35.5. The second-order valence-electron chi connectivity index (χ2n) is 6.88. The lowest BCUT2D eigenvalue weighted by Crippen LogP contribution is -2.25. The molecule has 1 aliphatic rings. The first-order valence-corrected chi connectivity index (χ1v) is 9.55. The van der Waals surface area contributed by atoms with E-state index in [1.807, 2.05) is 22.8 Å². The van der Waals surface area contributed by atoms with E-state index in [4.69, 9.17) is 17.3 Å². The minimum Gasteiger partial charge on any atom is -0.508 e. The first kappa shape index (κ1) is 17.7. The number of halogens is 1. The molecule has 1 saturated carbocycles. The molecule has 2 heterocycles. The van der Waals surface area contributed by atoms with Crippen molar-refractivity contribution in [2.45, 2.75) is 38.1 Å². The van der Waals surface area contributed by atoms with Crippen LogP contribution in [0.1, 0.15) is 37.7 Å². The number of phenols is 1. The summed E-state index contributed by atoms with van der Waals surface area (Å²) in [6.45, 7) is 0. The molecule has 0 spiro atoms. The highest BCUT2D eigenvalue weighted by molar-refractivity contribution is 6.33. The number of aromatic nitrogens is 2. The third-order valence-corrected chi connectivity index (χ3v) is 5.27. The Morgan fingerprint density at radius 2 is 2.07 bits per heavy atom. The van der Waals surface area contributed by atoms with Crippen LogP contribution in [-0.2, 0) is 0 Å². The number of hydrogen-bond acceptors (Lipinski definition) is 4. The number of amidine groups is 1. The molecule has 0 unspecified atom stereocenters. The van der Waals surface area contributed by atoms with E-state index in [1.165, 1.54) is 31.4 Å². The summed E-state index contributed by atoms with van der Waals surface area (Å²) in [5.74, 6) is 0.422. The number of benzene rings is 1. The predicted octanol–water partition coefficient (Wildman–Crippen LogP) is 4.47. The second kappa shape index (κ2) is 7.48. The monoisotopic (exact) mass is 383 g/mol. The first-order chi connectivity index (χ1) is 13.1. The number of aromatic hydroxyl groups is 1. The Hall–Kier alpha value is -2.73. The lowest BCUT2D eigenvalue weighted by molar-refractivity contribution is 0.463. The molecule has 0 amide bonds. The highest BCUT2D eigenvalue weighted by Crippen LogP contribution is 2.31. The number of nitrogens with two attached hydrogens (primary N) is 1. The minimum absolute atomic E-state index is 0.0912. The molecule has 6 nitrogen and oxygen atoms in total. The Morgan fingerprint density at radius 1 is 1.26 bits per heavy atom. The normalized spacial score (nSPS) is 16.0. The molecular weight excluding hydrogens is 362 g/mol. The molecule has 4 rings (SSSR count). The maximum Gasteiger partial charge on any atom is 0.135 e. The van der Waals surface area contributed by atoms with Crippen LogP contribution in [0.4, 0.5) is 11.4 Å². The fraction of sp³-hybridized carbons (Fsp3) is 0.300. The van der Waals surface area contributed by atoms with E-state index in [0.29, 0.717) is 22.6 Å². The van der Waals surface area contributed by atoms with Crippen molar-refractivity contribution in [3.8, 4) is 5.75 Å². The van der Waals surface area contributed by atoms with Crippen LogP contribution in [0.25, 0.3) is 5.52 Å². The standard InChI is InChI=1S/C20H22ClN5O/c21-16-11-14(27)8-9-17(16)25-20(22)15-12-23-26-10-4-7-18(26)19(15)24-13-5-2-1-3-6-13/h4,7-13,24,27H,1-3,5-6H2,(H2,22,25). The van der Waals surface area contributed by atoms with Crippen molar-refractivity contribution in [3.63, 3.8) is 0 Å². The highest BCUT2D eigenvalue weighted by Gasteiger charge is 2.19. The number of nitrogens with one attached hydrogen (secondary N) is 1. The van der Waals surface area contributed by atoms with Crippen LogP contribution in [0.5, 0.6) is 5.75 Å². The maximum atomic E-state index is 9.52. The van der Waals surface area contributed by atoms with Gasteiger partial charge in [-0.1, -0.05) is 30.9 Å². The first-order valence-electron chi connectivity index (χ1n) is 9.18. The van der Waals surface area contributed by atoms with Gasteiger partial charge in [-0.15, -0.1) is 0 Å². The van der Waals surface area contributed by atoms with Crippen molar-refractivity contribution in [1.82, 2.24) is 9.61 Å². The summed E-state index contributed by atoms with van der Waals surface area (Å²) < 4.78 is 1.83.